The van der Waals surface area contributed by atoms with E-state index in [1.807, 2.05) is 0 Å². The van der Waals surface area contributed by atoms with Crippen LogP contribution in [-0.4, -0.2) is 39.2 Å². The van der Waals surface area contributed by atoms with Crippen LogP contribution in [0.2, 0.25) is 0 Å². The standard InChI is InChI=1S/C22H24FN5O3/c1-15(2)20(27-21(29)18-8-3-4-9-19(18)23)22(30)26-16-6-5-7-17(12-16)31-11-10-28-14-24-13-25-28/h3-9,12-15,20H,10-11H2,1-2H3,(H,26,30)(H,27,29). The molecule has 1 aromatic heterocycles. The smallest absolute Gasteiger partial charge is 0.254 e. The molecule has 0 bridgehead atoms. The molecule has 0 aliphatic heterocycles. The molecular formula is C22H24FN5O3. The number of anilines is 1. The Labute approximate surface area is 179 Å². The molecule has 2 N–H and O–H groups in total. The zero-order valence-corrected chi connectivity index (χ0v) is 17.3. The van der Waals surface area contributed by atoms with Crippen LogP contribution in [0.25, 0.3) is 0 Å². The van der Waals surface area contributed by atoms with Crippen LogP contribution in [0.5, 0.6) is 5.75 Å². The van der Waals surface area contributed by atoms with Crippen LogP contribution in [0, 0.1) is 11.7 Å². The van der Waals surface area contributed by atoms with E-state index in [0.717, 1.165) is 0 Å². The minimum Gasteiger partial charge on any atom is -0.492 e. The summed E-state index contributed by atoms with van der Waals surface area (Å²) in [5.74, 6) is -1.32. The fourth-order valence-corrected chi connectivity index (χ4v) is 2.89. The average molecular weight is 425 g/mol. The van der Waals surface area contributed by atoms with Crippen LogP contribution in [0.15, 0.2) is 61.2 Å². The van der Waals surface area contributed by atoms with Gasteiger partial charge in [-0.3, -0.25) is 9.59 Å². The molecular weight excluding hydrogens is 401 g/mol. The zero-order chi connectivity index (χ0) is 22.2. The van der Waals surface area contributed by atoms with Gasteiger partial charge < -0.3 is 15.4 Å². The topological polar surface area (TPSA) is 98.1 Å². The normalized spacial score (nSPS) is 11.7. The Morgan fingerprint density at radius 1 is 1.16 bits per heavy atom. The SMILES string of the molecule is CC(C)C(NC(=O)c1ccccc1F)C(=O)Nc1cccc(OCCn2cncn2)c1. The first-order chi connectivity index (χ1) is 14.9. The summed E-state index contributed by atoms with van der Waals surface area (Å²) < 4.78 is 21.2. The van der Waals surface area contributed by atoms with Crippen LogP contribution < -0.4 is 15.4 Å². The maximum atomic E-state index is 13.9. The van der Waals surface area contributed by atoms with Gasteiger partial charge in [-0.2, -0.15) is 5.10 Å². The second-order valence-electron chi connectivity index (χ2n) is 7.20. The molecule has 0 saturated heterocycles. The third-order valence-corrected chi connectivity index (χ3v) is 4.51. The molecule has 3 aromatic rings. The number of carbonyl (C=O) groups excluding carboxylic acids is 2. The van der Waals surface area contributed by atoms with Crippen molar-refractivity contribution in [1.82, 2.24) is 20.1 Å². The Morgan fingerprint density at radius 2 is 1.97 bits per heavy atom. The summed E-state index contributed by atoms with van der Waals surface area (Å²) in [4.78, 5) is 29.1. The lowest BCUT2D eigenvalue weighted by Crippen LogP contribution is -2.47. The molecule has 2 amide bonds. The van der Waals surface area contributed by atoms with Gasteiger partial charge >= 0.3 is 0 Å². The highest BCUT2D eigenvalue weighted by atomic mass is 19.1. The molecule has 31 heavy (non-hydrogen) atoms. The van der Waals surface area contributed by atoms with Crippen molar-refractivity contribution in [3.8, 4) is 5.75 Å². The number of hydrogen-bond donors (Lipinski definition) is 2. The molecule has 9 heteroatoms. The van der Waals surface area contributed by atoms with E-state index in [-0.39, 0.29) is 11.5 Å². The number of nitrogens with one attached hydrogen (secondary N) is 2. The maximum absolute atomic E-state index is 13.9. The van der Waals surface area contributed by atoms with E-state index in [1.54, 1.807) is 55.2 Å². The first kappa shape index (κ1) is 21.9. The Balaban J connectivity index is 1.61. The largest absolute Gasteiger partial charge is 0.492 e. The summed E-state index contributed by atoms with van der Waals surface area (Å²) in [6.45, 7) is 4.52. The molecule has 0 radical (unpaired) electrons. The zero-order valence-electron chi connectivity index (χ0n) is 17.3. The van der Waals surface area contributed by atoms with Crippen molar-refractivity contribution in [2.75, 3.05) is 11.9 Å². The van der Waals surface area contributed by atoms with Crippen molar-refractivity contribution in [3.05, 3.63) is 72.6 Å². The summed E-state index contributed by atoms with van der Waals surface area (Å²) in [5.41, 5.74) is 0.415. The number of ether oxygens (including phenoxy) is 1. The van der Waals surface area contributed by atoms with Crippen molar-refractivity contribution >= 4 is 17.5 Å². The molecule has 2 aromatic carbocycles. The van der Waals surface area contributed by atoms with E-state index in [2.05, 4.69) is 20.7 Å². The van der Waals surface area contributed by atoms with Crippen LogP contribution in [0.3, 0.4) is 0 Å². The molecule has 1 heterocycles. The maximum Gasteiger partial charge on any atom is 0.254 e. The molecule has 0 saturated carbocycles. The van der Waals surface area contributed by atoms with E-state index < -0.39 is 23.7 Å². The van der Waals surface area contributed by atoms with Crippen molar-refractivity contribution < 1.29 is 18.7 Å². The third-order valence-electron chi connectivity index (χ3n) is 4.51. The van der Waals surface area contributed by atoms with Crippen molar-refractivity contribution in [1.29, 1.82) is 0 Å². The lowest BCUT2D eigenvalue weighted by molar-refractivity contribution is -0.118. The van der Waals surface area contributed by atoms with Gasteiger partial charge in [-0.05, 0) is 30.2 Å². The van der Waals surface area contributed by atoms with Gasteiger partial charge in [-0.1, -0.05) is 32.0 Å². The molecule has 0 aliphatic carbocycles. The number of nitrogens with zero attached hydrogens (tertiary/aromatic N) is 3. The summed E-state index contributed by atoms with van der Waals surface area (Å²) in [7, 11) is 0. The predicted octanol–water partition coefficient (Wildman–Crippen LogP) is 2.89. The highest BCUT2D eigenvalue weighted by Gasteiger charge is 2.25. The minimum atomic E-state index is -0.844. The summed E-state index contributed by atoms with van der Waals surface area (Å²) in [5, 5.41) is 9.41. The van der Waals surface area contributed by atoms with E-state index in [1.165, 1.54) is 24.5 Å². The molecule has 3 rings (SSSR count). The van der Waals surface area contributed by atoms with Crippen LogP contribution in [0.4, 0.5) is 10.1 Å². The third kappa shape index (κ3) is 6.11. The van der Waals surface area contributed by atoms with Crippen molar-refractivity contribution in [2.45, 2.75) is 26.4 Å². The molecule has 1 atom stereocenters. The monoisotopic (exact) mass is 425 g/mol. The predicted molar refractivity (Wildman–Crippen MR) is 113 cm³/mol. The fraction of sp³-hybridized carbons (Fsp3) is 0.273. The Morgan fingerprint density at radius 3 is 2.68 bits per heavy atom. The molecule has 8 nitrogen and oxygen atoms in total. The van der Waals surface area contributed by atoms with Crippen LogP contribution >= 0.6 is 0 Å². The summed E-state index contributed by atoms with van der Waals surface area (Å²) >= 11 is 0. The first-order valence-corrected chi connectivity index (χ1v) is 9.85. The van der Waals surface area contributed by atoms with E-state index >= 15 is 0 Å². The van der Waals surface area contributed by atoms with E-state index in [0.29, 0.717) is 24.6 Å². The van der Waals surface area contributed by atoms with Crippen LogP contribution in [-0.2, 0) is 11.3 Å². The Kier molecular flexibility index (Phi) is 7.31. The lowest BCUT2D eigenvalue weighted by Gasteiger charge is -2.22. The van der Waals surface area contributed by atoms with Gasteiger partial charge in [0.2, 0.25) is 5.91 Å². The van der Waals surface area contributed by atoms with Crippen molar-refractivity contribution in [3.63, 3.8) is 0 Å². The van der Waals surface area contributed by atoms with Gasteiger partial charge in [0.1, 0.15) is 36.9 Å². The minimum absolute atomic E-state index is 0.108. The number of hydrogen-bond acceptors (Lipinski definition) is 5. The number of halogens is 1. The number of rotatable bonds is 9. The molecule has 0 spiro atoms. The Hall–Kier alpha value is -3.75. The number of carbonyl (C=O) groups is 2. The highest BCUT2D eigenvalue weighted by Crippen LogP contribution is 2.18. The van der Waals surface area contributed by atoms with E-state index in [9.17, 15) is 14.0 Å². The fourth-order valence-electron chi connectivity index (χ4n) is 2.89. The summed E-state index contributed by atoms with van der Waals surface area (Å²) in [6, 6.07) is 11.7. The number of benzene rings is 2. The van der Waals surface area contributed by atoms with Gasteiger partial charge in [0, 0.05) is 11.8 Å². The Bertz CT molecular complexity index is 1020. The molecule has 162 valence electrons. The van der Waals surface area contributed by atoms with Crippen molar-refractivity contribution in [2.24, 2.45) is 5.92 Å². The van der Waals surface area contributed by atoms with Gasteiger partial charge in [0.05, 0.1) is 12.1 Å². The average Bonchev–Trinajstić information content (AvgIpc) is 3.25. The number of amides is 2. The van der Waals surface area contributed by atoms with Gasteiger partial charge in [0.15, 0.2) is 0 Å². The first-order valence-electron chi connectivity index (χ1n) is 9.85. The molecule has 1 unspecified atom stereocenters. The second-order valence-corrected chi connectivity index (χ2v) is 7.20. The van der Waals surface area contributed by atoms with Gasteiger partial charge in [-0.15, -0.1) is 0 Å². The summed E-state index contributed by atoms with van der Waals surface area (Å²) in [6.07, 6.45) is 3.05. The molecule has 0 fully saturated rings. The lowest BCUT2D eigenvalue weighted by atomic mass is 10.0. The van der Waals surface area contributed by atoms with Gasteiger partial charge in [-0.25, -0.2) is 14.1 Å². The molecule has 0 aliphatic rings. The van der Waals surface area contributed by atoms with E-state index in [4.69, 9.17) is 4.74 Å². The quantitative estimate of drug-likeness (QED) is 0.549. The number of aromatic nitrogens is 3. The second kappa shape index (κ2) is 10.3. The van der Waals surface area contributed by atoms with Crippen LogP contribution in [0.1, 0.15) is 24.2 Å². The highest BCUT2D eigenvalue weighted by molar-refractivity contribution is 6.01. The van der Waals surface area contributed by atoms with Gasteiger partial charge in [0.25, 0.3) is 5.91 Å².